The van der Waals surface area contributed by atoms with Crippen LogP contribution in [-0.4, -0.2) is 5.54 Å². The molecule has 4 bridgehead atoms. The Morgan fingerprint density at radius 3 is 2.25 bits per heavy atom. The van der Waals surface area contributed by atoms with Gasteiger partial charge in [0.05, 0.1) is 0 Å². The second kappa shape index (κ2) is 4.74. The summed E-state index contributed by atoms with van der Waals surface area (Å²) in [5, 5.41) is 4.84. The lowest BCUT2D eigenvalue weighted by atomic mass is 9.53. The standard InChI is InChI=1S/C18H24ClN/c1-12-2-3-16(17(19)4-12)11-20-18-8-13-5-14(9-18)7-15(6-13)10-18/h2-4,13-15,20H,5-11H2,1H3. The Morgan fingerprint density at radius 2 is 1.70 bits per heavy atom. The lowest BCUT2D eigenvalue weighted by Crippen LogP contribution is -2.58. The van der Waals surface area contributed by atoms with Crippen LogP contribution in [0, 0.1) is 24.7 Å². The van der Waals surface area contributed by atoms with E-state index in [0.29, 0.717) is 5.54 Å². The molecule has 0 unspecified atom stereocenters. The predicted molar refractivity (Wildman–Crippen MR) is 83.9 cm³/mol. The largest absolute Gasteiger partial charge is 0.307 e. The van der Waals surface area contributed by atoms with Crippen LogP contribution in [0.2, 0.25) is 5.02 Å². The summed E-state index contributed by atoms with van der Waals surface area (Å²) in [7, 11) is 0. The van der Waals surface area contributed by atoms with Gasteiger partial charge < -0.3 is 5.32 Å². The van der Waals surface area contributed by atoms with Crippen molar-refractivity contribution in [3.8, 4) is 0 Å². The Morgan fingerprint density at radius 1 is 1.10 bits per heavy atom. The molecule has 20 heavy (non-hydrogen) atoms. The molecular formula is C18H24ClN. The molecule has 4 fully saturated rings. The monoisotopic (exact) mass is 289 g/mol. The summed E-state index contributed by atoms with van der Waals surface area (Å²) in [5.41, 5.74) is 2.93. The normalized spacial score (nSPS) is 38.4. The molecule has 0 saturated heterocycles. The van der Waals surface area contributed by atoms with Crippen LogP contribution < -0.4 is 5.32 Å². The van der Waals surface area contributed by atoms with Crippen molar-refractivity contribution in [1.82, 2.24) is 5.32 Å². The topological polar surface area (TPSA) is 12.0 Å². The molecule has 108 valence electrons. The number of nitrogens with one attached hydrogen (secondary N) is 1. The van der Waals surface area contributed by atoms with Crippen LogP contribution in [0.25, 0.3) is 0 Å². The van der Waals surface area contributed by atoms with Crippen LogP contribution in [0.4, 0.5) is 0 Å². The predicted octanol–water partition coefficient (Wildman–Crippen LogP) is 4.71. The number of hydrogen-bond acceptors (Lipinski definition) is 1. The lowest BCUT2D eigenvalue weighted by molar-refractivity contribution is -0.0205. The summed E-state index contributed by atoms with van der Waals surface area (Å²) in [6, 6.07) is 6.44. The SMILES string of the molecule is Cc1ccc(CNC23CC4CC(CC(C4)C2)C3)c(Cl)c1. The highest BCUT2D eigenvalue weighted by atomic mass is 35.5. The van der Waals surface area contributed by atoms with Gasteiger partial charge in [-0.25, -0.2) is 0 Å². The van der Waals surface area contributed by atoms with Crippen LogP contribution in [0.15, 0.2) is 18.2 Å². The van der Waals surface area contributed by atoms with E-state index in [4.69, 9.17) is 11.6 Å². The number of halogens is 1. The van der Waals surface area contributed by atoms with E-state index in [2.05, 4.69) is 30.4 Å². The number of hydrogen-bond donors (Lipinski definition) is 1. The van der Waals surface area contributed by atoms with Crippen molar-refractivity contribution in [3.05, 3.63) is 34.3 Å². The zero-order chi connectivity index (χ0) is 13.7. The van der Waals surface area contributed by atoms with Gasteiger partial charge in [-0.3, -0.25) is 0 Å². The lowest BCUT2D eigenvalue weighted by Gasteiger charge is -2.57. The Balaban J connectivity index is 1.49. The minimum atomic E-state index is 0.433. The average molecular weight is 290 g/mol. The van der Waals surface area contributed by atoms with Crippen molar-refractivity contribution in [2.45, 2.75) is 57.5 Å². The quantitative estimate of drug-likeness (QED) is 0.850. The molecule has 2 heteroatoms. The number of aryl methyl sites for hydroxylation is 1. The molecule has 5 rings (SSSR count). The van der Waals surface area contributed by atoms with E-state index in [1.165, 1.54) is 49.7 Å². The molecule has 4 aliphatic carbocycles. The van der Waals surface area contributed by atoms with Crippen LogP contribution in [0.1, 0.15) is 49.7 Å². The summed E-state index contributed by atoms with van der Waals surface area (Å²) < 4.78 is 0. The maximum absolute atomic E-state index is 6.38. The van der Waals surface area contributed by atoms with Crippen molar-refractivity contribution in [3.63, 3.8) is 0 Å². The second-order valence-electron chi connectivity index (χ2n) is 7.65. The van der Waals surface area contributed by atoms with Gasteiger partial charge in [0.1, 0.15) is 0 Å². The van der Waals surface area contributed by atoms with Crippen LogP contribution in [0.3, 0.4) is 0 Å². The van der Waals surface area contributed by atoms with E-state index in [-0.39, 0.29) is 0 Å². The van der Waals surface area contributed by atoms with E-state index in [9.17, 15) is 0 Å². The summed E-state index contributed by atoms with van der Waals surface area (Å²) >= 11 is 6.38. The Hall–Kier alpha value is -0.530. The molecule has 1 nitrogen and oxygen atoms in total. The molecule has 4 aliphatic rings. The molecule has 0 radical (unpaired) electrons. The zero-order valence-electron chi connectivity index (χ0n) is 12.3. The van der Waals surface area contributed by atoms with Gasteiger partial charge in [-0.05, 0) is 80.4 Å². The first-order valence-electron chi connectivity index (χ1n) is 8.12. The van der Waals surface area contributed by atoms with E-state index >= 15 is 0 Å². The summed E-state index contributed by atoms with van der Waals surface area (Å²) in [6.07, 6.45) is 8.73. The Bertz CT molecular complexity index is 487. The molecule has 0 atom stereocenters. The van der Waals surface area contributed by atoms with E-state index in [1.807, 2.05) is 0 Å². The highest BCUT2D eigenvalue weighted by Crippen LogP contribution is 2.55. The molecule has 4 saturated carbocycles. The molecular weight excluding hydrogens is 266 g/mol. The van der Waals surface area contributed by atoms with Crippen molar-refractivity contribution < 1.29 is 0 Å². The van der Waals surface area contributed by atoms with Gasteiger partial charge in [-0.1, -0.05) is 23.7 Å². The number of rotatable bonds is 3. The first kappa shape index (κ1) is 13.2. The molecule has 0 amide bonds. The maximum Gasteiger partial charge on any atom is 0.0453 e. The smallest absolute Gasteiger partial charge is 0.0453 e. The van der Waals surface area contributed by atoms with Gasteiger partial charge in [0, 0.05) is 17.1 Å². The van der Waals surface area contributed by atoms with E-state index in [0.717, 1.165) is 29.3 Å². The molecule has 1 N–H and O–H groups in total. The highest BCUT2D eigenvalue weighted by molar-refractivity contribution is 6.31. The van der Waals surface area contributed by atoms with Gasteiger partial charge in [0.25, 0.3) is 0 Å². The molecule has 1 aromatic rings. The molecule has 1 aromatic carbocycles. The van der Waals surface area contributed by atoms with E-state index < -0.39 is 0 Å². The highest BCUT2D eigenvalue weighted by Gasteiger charge is 2.50. The third-order valence-corrected chi connectivity index (χ3v) is 6.25. The molecule has 0 heterocycles. The van der Waals surface area contributed by atoms with Gasteiger partial charge in [-0.15, -0.1) is 0 Å². The Labute approximate surface area is 127 Å². The summed E-state index contributed by atoms with van der Waals surface area (Å²) in [6.45, 7) is 3.04. The Kier molecular flexibility index (Phi) is 3.12. The van der Waals surface area contributed by atoms with Crippen molar-refractivity contribution in [2.75, 3.05) is 0 Å². The molecule has 0 spiro atoms. The molecule has 0 aliphatic heterocycles. The van der Waals surface area contributed by atoms with Crippen LogP contribution in [-0.2, 0) is 6.54 Å². The minimum Gasteiger partial charge on any atom is -0.307 e. The van der Waals surface area contributed by atoms with Crippen molar-refractivity contribution in [2.24, 2.45) is 17.8 Å². The third kappa shape index (κ3) is 2.29. The first-order valence-corrected chi connectivity index (χ1v) is 8.50. The number of benzene rings is 1. The van der Waals surface area contributed by atoms with Gasteiger partial charge in [0.15, 0.2) is 0 Å². The van der Waals surface area contributed by atoms with Gasteiger partial charge in [-0.2, -0.15) is 0 Å². The fourth-order valence-electron chi connectivity index (χ4n) is 5.41. The van der Waals surface area contributed by atoms with E-state index in [1.54, 1.807) is 0 Å². The summed E-state index contributed by atoms with van der Waals surface area (Å²) in [5.74, 6) is 3.01. The fraction of sp³-hybridized carbons (Fsp3) is 0.667. The third-order valence-electron chi connectivity index (χ3n) is 5.90. The second-order valence-corrected chi connectivity index (χ2v) is 8.05. The summed E-state index contributed by atoms with van der Waals surface area (Å²) in [4.78, 5) is 0. The van der Waals surface area contributed by atoms with Crippen LogP contribution in [0.5, 0.6) is 0 Å². The minimum absolute atomic E-state index is 0.433. The molecule has 0 aromatic heterocycles. The van der Waals surface area contributed by atoms with Crippen molar-refractivity contribution >= 4 is 11.6 Å². The maximum atomic E-state index is 6.38. The van der Waals surface area contributed by atoms with Gasteiger partial charge in [0.2, 0.25) is 0 Å². The van der Waals surface area contributed by atoms with Gasteiger partial charge >= 0.3 is 0 Å². The first-order chi connectivity index (χ1) is 9.62. The fourth-order valence-corrected chi connectivity index (χ4v) is 5.71. The van der Waals surface area contributed by atoms with Crippen LogP contribution >= 0.6 is 11.6 Å². The van der Waals surface area contributed by atoms with Crippen molar-refractivity contribution in [1.29, 1.82) is 0 Å². The average Bonchev–Trinajstić information content (AvgIpc) is 2.36. The zero-order valence-corrected chi connectivity index (χ0v) is 13.0.